The van der Waals surface area contributed by atoms with Crippen LogP contribution in [0.5, 0.6) is 0 Å². The SMILES string of the molecule is O=C(c1c[nH]c2c(Cl)cccc12)C1C2C3CCC(C3)C12. The molecule has 5 rings (SSSR count). The van der Waals surface area contributed by atoms with Gasteiger partial charge in [-0.1, -0.05) is 23.7 Å². The van der Waals surface area contributed by atoms with Crippen molar-refractivity contribution < 1.29 is 4.79 Å². The van der Waals surface area contributed by atoms with E-state index in [0.717, 1.165) is 28.3 Å². The number of ketones is 1. The Hall–Kier alpha value is -1.28. The number of carbonyl (C=O) groups excluding carboxylic acids is 1. The lowest BCUT2D eigenvalue weighted by atomic mass is 9.96. The van der Waals surface area contributed by atoms with Crippen molar-refractivity contribution in [3.8, 4) is 0 Å². The molecule has 1 aromatic heterocycles. The molecular formula is C17H16ClNO. The molecule has 1 heterocycles. The minimum atomic E-state index is 0.305. The molecule has 0 radical (unpaired) electrons. The summed E-state index contributed by atoms with van der Waals surface area (Å²) in [6.07, 6.45) is 5.96. The maximum atomic E-state index is 12.9. The first-order valence-corrected chi connectivity index (χ1v) is 7.93. The van der Waals surface area contributed by atoms with Gasteiger partial charge in [-0.25, -0.2) is 0 Å². The third kappa shape index (κ3) is 1.28. The van der Waals surface area contributed by atoms with Crippen LogP contribution >= 0.6 is 11.6 Å². The first-order valence-electron chi connectivity index (χ1n) is 7.55. The highest BCUT2D eigenvalue weighted by atomic mass is 35.5. The van der Waals surface area contributed by atoms with E-state index >= 15 is 0 Å². The van der Waals surface area contributed by atoms with Crippen molar-refractivity contribution >= 4 is 28.3 Å². The first-order chi connectivity index (χ1) is 9.75. The van der Waals surface area contributed by atoms with Gasteiger partial charge < -0.3 is 4.98 Å². The summed E-state index contributed by atoms with van der Waals surface area (Å²) in [5, 5.41) is 1.68. The van der Waals surface area contributed by atoms with Crippen molar-refractivity contribution in [2.75, 3.05) is 0 Å². The number of rotatable bonds is 2. The molecular weight excluding hydrogens is 270 g/mol. The highest BCUT2D eigenvalue weighted by Gasteiger charge is 2.67. The average molecular weight is 286 g/mol. The molecule has 2 bridgehead atoms. The molecule has 0 aliphatic heterocycles. The summed E-state index contributed by atoms with van der Waals surface area (Å²) < 4.78 is 0. The van der Waals surface area contributed by atoms with E-state index in [0.29, 0.717) is 28.6 Å². The fourth-order valence-corrected chi connectivity index (χ4v) is 5.41. The van der Waals surface area contributed by atoms with Gasteiger partial charge in [0.15, 0.2) is 5.78 Å². The fraction of sp³-hybridized carbons (Fsp3) is 0.471. The maximum Gasteiger partial charge on any atom is 0.168 e. The van der Waals surface area contributed by atoms with Crippen molar-refractivity contribution in [2.24, 2.45) is 29.6 Å². The Balaban J connectivity index is 1.54. The lowest BCUT2D eigenvalue weighted by Crippen LogP contribution is -2.09. The number of hydrogen-bond acceptors (Lipinski definition) is 1. The molecule has 4 unspecified atom stereocenters. The number of aromatic nitrogens is 1. The van der Waals surface area contributed by atoms with Crippen LogP contribution in [0.25, 0.3) is 10.9 Å². The lowest BCUT2D eigenvalue weighted by molar-refractivity contribution is 0.0946. The van der Waals surface area contributed by atoms with Gasteiger partial charge in [0.25, 0.3) is 0 Å². The molecule has 4 atom stereocenters. The van der Waals surface area contributed by atoms with Gasteiger partial charge in [-0.05, 0) is 49.0 Å². The molecule has 3 fully saturated rings. The topological polar surface area (TPSA) is 32.9 Å². The van der Waals surface area contributed by atoms with E-state index in [-0.39, 0.29) is 0 Å². The normalized spacial score (nSPS) is 37.4. The Labute approximate surface area is 122 Å². The molecule has 0 amide bonds. The van der Waals surface area contributed by atoms with Crippen molar-refractivity contribution in [3.05, 3.63) is 35.0 Å². The third-order valence-corrected chi connectivity index (χ3v) is 6.28. The molecule has 3 aliphatic rings. The molecule has 102 valence electrons. The Bertz CT molecular complexity index is 718. The summed E-state index contributed by atoms with van der Waals surface area (Å²) in [4.78, 5) is 16.0. The number of aromatic amines is 1. The van der Waals surface area contributed by atoms with E-state index in [9.17, 15) is 4.79 Å². The predicted molar refractivity (Wildman–Crippen MR) is 78.9 cm³/mol. The largest absolute Gasteiger partial charge is 0.359 e. The van der Waals surface area contributed by atoms with Crippen LogP contribution in [0.3, 0.4) is 0 Å². The molecule has 3 heteroatoms. The molecule has 3 aliphatic carbocycles. The van der Waals surface area contributed by atoms with Gasteiger partial charge in [0.05, 0.1) is 10.5 Å². The highest BCUT2D eigenvalue weighted by molar-refractivity contribution is 6.35. The Kier molecular flexibility index (Phi) is 2.09. The standard InChI is InChI=1S/C17H16ClNO/c18-12-3-1-2-10-11(7-19-16(10)12)17(20)15-13-8-4-5-9(6-8)14(13)15/h1-3,7-9,13-15,19H,4-6H2. The van der Waals surface area contributed by atoms with Crippen molar-refractivity contribution in [2.45, 2.75) is 19.3 Å². The summed E-state index contributed by atoms with van der Waals surface area (Å²) in [6.45, 7) is 0. The van der Waals surface area contributed by atoms with E-state index < -0.39 is 0 Å². The van der Waals surface area contributed by atoms with Gasteiger partial charge in [0.2, 0.25) is 0 Å². The van der Waals surface area contributed by atoms with Crippen LogP contribution in [-0.4, -0.2) is 10.8 Å². The van der Waals surface area contributed by atoms with Gasteiger partial charge in [0.1, 0.15) is 0 Å². The van der Waals surface area contributed by atoms with Crippen LogP contribution < -0.4 is 0 Å². The van der Waals surface area contributed by atoms with E-state index in [1.807, 2.05) is 24.4 Å². The second kappa shape index (κ2) is 3.67. The number of fused-ring (bicyclic) bond motifs is 6. The Morgan fingerprint density at radius 1 is 1.20 bits per heavy atom. The zero-order valence-corrected chi connectivity index (χ0v) is 11.9. The van der Waals surface area contributed by atoms with Gasteiger partial charge in [-0.3, -0.25) is 4.79 Å². The number of benzene rings is 1. The van der Waals surface area contributed by atoms with Crippen LogP contribution in [0.15, 0.2) is 24.4 Å². The molecule has 20 heavy (non-hydrogen) atoms. The van der Waals surface area contributed by atoms with E-state index in [1.165, 1.54) is 19.3 Å². The second-order valence-electron chi connectivity index (χ2n) is 6.74. The summed E-state index contributed by atoms with van der Waals surface area (Å²) in [5.41, 5.74) is 1.74. The fourth-order valence-electron chi connectivity index (χ4n) is 5.18. The molecule has 1 N–H and O–H groups in total. The lowest BCUT2D eigenvalue weighted by Gasteiger charge is -2.07. The molecule has 3 saturated carbocycles. The predicted octanol–water partition coefficient (Wildman–Crippen LogP) is 4.30. The molecule has 2 aromatic rings. The van der Waals surface area contributed by atoms with Crippen molar-refractivity contribution in [3.63, 3.8) is 0 Å². The van der Waals surface area contributed by atoms with Gasteiger partial charge in [-0.15, -0.1) is 0 Å². The van der Waals surface area contributed by atoms with Crippen LogP contribution in [0, 0.1) is 29.6 Å². The van der Waals surface area contributed by atoms with Crippen molar-refractivity contribution in [1.82, 2.24) is 4.98 Å². The summed E-state index contributed by atoms with van der Waals surface area (Å²) in [6, 6.07) is 5.78. The third-order valence-electron chi connectivity index (χ3n) is 5.97. The summed E-state index contributed by atoms with van der Waals surface area (Å²) in [7, 11) is 0. The zero-order chi connectivity index (χ0) is 13.4. The molecule has 1 aromatic carbocycles. The monoisotopic (exact) mass is 285 g/mol. The number of carbonyl (C=O) groups is 1. The van der Waals surface area contributed by atoms with Crippen molar-refractivity contribution in [1.29, 1.82) is 0 Å². The Morgan fingerprint density at radius 2 is 1.95 bits per heavy atom. The smallest absolute Gasteiger partial charge is 0.168 e. The number of hydrogen-bond donors (Lipinski definition) is 1. The van der Waals surface area contributed by atoms with Crippen LogP contribution in [-0.2, 0) is 0 Å². The highest BCUT2D eigenvalue weighted by Crippen LogP contribution is 2.70. The number of halogens is 1. The molecule has 2 nitrogen and oxygen atoms in total. The van der Waals surface area contributed by atoms with E-state index in [1.54, 1.807) is 0 Å². The second-order valence-corrected chi connectivity index (χ2v) is 7.15. The van der Waals surface area contributed by atoms with Gasteiger partial charge >= 0.3 is 0 Å². The number of Topliss-reactive ketones (excluding diaryl/α,β-unsaturated/α-hetero) is 1. The number of nitrogens with one attached hydrogen (secondary N) is 1. The van der Waals surface area contributed by atoms with E-state index in [4.69, 9.17) is 11.6 Å². The van der Waals surface area contributed by atoms with Crippen LogP contribution in [0.2, 0.25) is 5.02 Å². The quantitative estimate of drug-likeness (QED) is 0.820. The molecule has 0 spiro atoms. The first kappa shape index (κ1) is 11.4. The van der Waals surface area contributed by atoms with Gasteiger partial charge in [-0.2, -0.15) is 0 Å². The average Bonchev–Trinajstić information content (AvgIpc) is 2.83. The number of H-pyrrole nitrogens is 1. The zero-order valence-electron chi connectivity index (χ0n) is 11.1. The van der Waals surface area contributed by atoms with Crippen LogP contribution in [0.1, 0.15) is 29.6 Å². The van der Waals surface area contributed by atoms with E-state index in [2.05, 4.69) is 4.98 Å². The number of para-hydroxylation sites is 1. The summed E-state index contributed by atoms with van der Waals surface area (Å²) in [5.74, 6) is 3.74. The molecule has 0 saturated heterocycles. The van der Waals surface area contributed by atoms with Crippen LogP contribution in [0.4, 0.5) is 0 Å². The Morgan fingerprint density at radius 3 is 2.70 bits per heavy atom. The summed E-state index contributed by atoms with van der Waals surface area (Å²) >= 11 is 6.18. The minimum Gasteiger partial charge on any atom is -0.359 e. The maximum absolute atomic E-state index is 12.9. The van der Waals surface area contributed by atoms with Gasteiger partial charge in [0, 0.05) is 23.1 Å². The minimum absolute atomic E-state index is 0.305.